The lowest BCUT2D eigenvalue weighted by molar-refractivity contribution is -0.152. The largest absolute Gasteiger partial charge is 0.461 e. The SMILES string of the molecule is C=CCOC(=O)C1(C)CCCCC1=C(C#N)C#N. The van der Waals surface area contributed by atoms with Crippen molar-refractivity contribution in [3.63, 3.8) is 0 Å². The van der Waals surface area contributed by atoms with Gasteiger partial charge in [0.05, 0.1) is 5.41 Å². The molecule has 1 aliphatic rings. The van der Waals surface area contributed by atoms with Gasteiger partial charge in [-0.25, -0.2) is 0 Å². The van der Waals surface area contributed by atoms with Crippen molar-refractivity contribution >= 4 is 5.97 Å². The summed E-state index contributed by atoms with van der Waals surface area (Å²) < 4.78 is 5.09. The fraction of sp³-hybridized carbons (Fsp3) is 0.500. The smallest absolute Gasteiger partial charge is 0.316 e. The predicted octanol–water partition coefficient (Wildman–Crippen LogP) is 2.64. The van der Waals surface area contributed by atoms with Crippen LogP contribution in [0.4, 0.5) is 0 Å². The highest BCUT2D eigenvalue weighted by molar-refractivity contribution is 5.81. The molecule has 4 heteroatoms. The first-order valence-corrected chi connectivity index (χ1v) is 5.92. The highest BCUT2D eigenvalue weighted by Gasteiger charge is 2.42. The fourth-order valence-electron chi connectivity index (χ4n) is 2.29. The summed E-state index contributed by atoms with van der Waals surface area (Å²) in [5, 5.41) is 17.9. The highest BCUT2D eigenvalue weighted by Crippen LogP contribution is 2.43. The molecule has 0 aliphatic heterocycles. The molecular weight excluding hydrogens is 228 g/mol. The molecule has 1 unspecified atom stereocenters. The fourth-order valence-corrected chi connectivity index (χ4v) is 2.29. The van der Waals surface area contributed by atoms with Crippen molar-refractivity contribution in [2.45, 2.75) is 32.6 Å². The number of carbonyl (C=O) groups excluding carboxylic acids is 1. The van der Waals surface area contributed by atoms with Gasteiger partial charge in [0.1, 0.15) is 24.3 Å². The zero-order valence-electron chi connectivity index (χ0n) is 10.5. The Kier molecular flexibility index (Phi) is 4.68. The predicted molar refractivity (Wildman–Crippen MR) is 66.0 cm³/mol. The second-order valence-corrected chi connectivity index (χ2v) is 4.50. The van der Waals surface area contributed by atoms with Crippen LogP contribution in [-0.4, -0.2) is 12.6 Å². The summed E-state index contributed by atoms with van der Waals surface area (Å²) >= 11 is 0. The van der Waals surface area contributed by atoms with Crippen molar-refractivity contribution in [3.05, 3.63) is 23.8 Å². The summed E-state index contributed by atoms with van der Waals surface area (Å²) in [4.78, 5) is 12.1. The molecule has 1 saturated carbocycles. The minimum absolute atomic E-state index is 0.0488. The van der Waals surface area contributed by atoms with E-state index in [0.717, 1.165) is 12.8 Å². The molecule has 0 aromatic rings. The van der Waals surface area contributed by atoms with Gasteiger partial charge in [0.2, 0.25) is 0 Å². The van der Waals surface area contributed by atoms with E-state index in [1.54, 1.807) is 6.92 Å². The van der Waals surface area contributed by atoms with E-state index >= 15 is 0 Å². The van der Waals surface area contributed by atoms with Gasteiger partial charge in [-0.15, -0.1) is 0 Å². The van der Waals surface area contributed by atoms with Crippen LogP contribution in [0.3, 0.4) is 0 Å². The Morgan fingerprint density at radius 3 is 2.72 bits per heavy atom. The van der Waals surface area contributed by atoms with Crippen molar-refractivity contribution in [1.29, 1.82) is 10.5 Å². The molecule has 0 heterocycles. The van der Waals surface area contributed by atoms with Crippen LogP contribution in [0.5, 0.6) is 0 Å². The molecule has 1 rings (SSSR count). The van der Waals surface area contributed by atoms with Gasteiger partial charge in [0.15, 0.2) is 0 Å². The molecule has 0 saturated heterocycles. The number of hydrogen-bond acceptors (Lipinski definition) is 4. The molecular formula is C14H16N2O2. The Bertz CT molecular complexity index is 449. The molecule has 1 atom stereocenters. The Morgan fingerprint density at radius 2 is 2.17 bits per heavy atom. The van der Waals surface area contributed by atoms with Gasteiger partial charge in [-0.3, -0.25) is 4.79 Å². The van der Waals surface area contributed by atoms with Gasteiger partial charge in [-0.2, -0.15) is 10.5 Å². The molecule has 4 nitrogen and oxygen atoms in total. The molecule has 0 N–H and O–H groups in total. The molecule has 0 spiro atoms. The lowest BCUT2D eigenvalue weighted by atomic mass is 9.70. The summed E-state index contributed by atoms with van der Waals surface area (Å²) in [7, 11) is 0. The van der Waals surface area contributed by atoms with Crippen LogP contribution in [0.15, 0.2) is 23.8 Å². The summed E-state index contributed by atoms with van der Waals surface area (Å²) in [6.45, 7) is 5.39. The van der Waals surface area contributed by atoms with Crippen molar-refractivity contribution in [3.8, 4) is 12.1 Å². The van der Waals surface area contributed by atoms with Gasteiger partial charge in [0, 0.05) is 0 Å². The van der Waals surface area contributed by atoms with Gasteiger partial charge in [-0.05, 0) is 31.8 Å². The number of allylic oxidation sites excluding steroid dienone is 1. The lowest BCUT2D eigenvalue weighted by Crippen LogP contribution is -2.35. The molecule has 1 fully saturated rings. The van der Waals surface area contributed by atoms with E-state index in [4.69, 9.17) is 15.3 Å². The summed E-state index contributed by atoms with van der Waals surface area (Å²) in [5.41, 5.74) is -0.178. The molecule has 18 heavy (non-hydrogen) atoms. The number of rotatable bonds is 3. The monoisotopic (exact) mass is 244 g/mol. The number of ether oxygens (including phenoxy) is 1. The molecule has 0 aromatic carbocycles. The summed E-state index contributed by atoms with van der Waals surface area (Å²) in [5.74, 6) is -0.375. The molecule has 1 aliphatic carbocycles. The minimum Gasteiger partial charge on any atom is -0.461 e. The molecule has 0 amide bonds. The number of nitrogens with zero attached hydrogens (tertiary/aromatic N) is 2. The zero-order chi connectivity index (χ0) is 13.6. The van der Waals surface area contributed by atoms with Crippen LogP contribution >= 0.6 is 0 Å². The highest BCUT2D eigenvalue weighted by atomic mass is 16.5. The average molecular weight is 244 g/mol. The Labute approximate surface area is 107 Å². The van der Waals surface area contributed by atoms with E-state index in [1.165, 1.54) is 6.08 Å². The maximum Gasteiger partial charge on any atom is 0.316 e. The third kappa shape index (κ3) is 2.60. The topological polar surface area (TPSA) is 73.9 Å². The first-order valence-electron chi connectivity index (χ1n) is 5.92. The number of esters is 1. The van der Waals surface area contributed by atoms with Crippen LogP contribution in [0.2, 0.25) is 0 Å². The lowest BCUT2D eigenvalue weighted by Gasteiger charge is -2.34. The second kappa shape index (κ2) is 6.02. The normalized spacial score (nSPS) is 22.5. The van der Waals surface area contributed by atoms with E-state index < -0.39 is 5.41 Å². The summed E-state index contributed by atoms with van der Waals surface area (Å²) in [6.07, 6.45) is 4.52. The first-order chi connectivity index (χ1) is 8.60. The Balaban J connectivity index is 3.13. The quantitative estimate of drug-likeness (QED) is 0.434. The van der Waals surface area contributed by atoms with Crippen molar-refractivity contribution < 1.29 is 9.53 Å². The zero-order valence-corrected chi connectivity index (χ0v) is 10.5. The standard InChI is InChI=1S/C14H16N2O2/c1-3-8-18-13(17)14(2)7-5-4-6-12(14)11(9-15)10-16/h3H,1,4-8H2,2H3. The summed E-state index contributed by atoms with van der Waals surface area (Å²) in [6, 6.07) is 3.76. The van der Waals surface area contributed by atoms with Crippen LogP contribution in [0, 0.1) is 28.1 Å². The van der Waals surface area contributed by atoms with Crippen LogP contribution in [0.1, 0.15) is 32.6 Å². The van der Waals surface area contributed by atoms with E-state index in [-0.39, 0.29) is 18.1 Å². The second-order valence-electron chi connectivity index (χ2n) is 4.50. The molecule has 0 bridgehead atoms. The van der Waals surface area contributed by atoms with E-state index in [0.29, 0.717) is 18.4 Å². The number of hydrogen-bond donors (Lipinski definition) is 0. The van der Waals surface area contributed by atoms with Gasteiger partial charge in [-0.1, -0.05) is 19.1 Å². The Hall–Kier alpha value is -2.07. The number of nitriles is 2. The molecule has 94 valence electrons. The van der Waals surface area contributed by atoms with Crippen LogP contribution in [0.25, 0.3) is 0 Å². The molecule has 0 aromatic heterocycles. The van der Waals surface area contributed by atoms with E-state index in [1.807, 2.05) is 12.1 Å². The minimum atomic E-state index is -0.845. The van der Waals surface area contributed by atoms with Gasteiger partial charge in [0.25, 0.3) is 0 Å². The van der Waals surface area contributed by atoms with E-state index in [2.05, 4.69) is 6.58 Å². The third-order valence-electron chi connectivity index (χ3n) is 3.33. The van der Waals surface area contributed by atoms with Crippen molar-refractivity contribution in [1.82, 2.24) is 0 Å². The number of carbonyl (C=O) groups is 1. The van der Waals surface area contributed by atoms with Gasteiger partial charge >= 0.3 is 5.97 Å². The maximum atomic E-state index is 12.1. The third-order valence-corrected chi connectivity index (χ3v) is 3.33. The van der Waals surface area contributed by atoms with Crippen LogP contribution < -0.4 is 0 Å². The Morgan fingerprint density at radius 1 is 1.50 bits per heavy atom. The molecule has 0 radical (unpaired) electrons. The van der Waals surface area contributed by atoms with Crippen molar-refractivity contribution in [2.24, 2.45) is 5.41 Å². The maximum absolute atomic E-state index is 12.1. The van der Waals surface area contributed by atoms with E-state index in [9.17, 15) is 4.79 Å². The average Bonchev–Trinajstić information content (AvgIpc) is 2.39. The van der Waals surface area contributed by atoms with Crippen LogP contribution in [-0.2, 0) is 9.53 Å². The first kappa shape index (κ1) is 14.0. The van der Waals surface area contributed by atoms with Gasteiger partial charge < -0.3 is 4.74 Å². The van der Waals surface area contributed by atoms with Crippen molar-refractivity contribution in [2.75, 3.05) is 6.61 Å².